The van der Waals surface area contributed by atoms with Crippen LogP contribution in [0.2, 0.25) is 0 Å². The van der Waals surface area contributed by atoms with Crippen molar-refractivity contribution in [3.63, 3.8) is 0 Å². The highest BCUT2D eigenvalue weighted by Crippen LogP contribution is 2.53. The average Bonchev–Trinajstić information content (AvgIpc) is 2.58. The molecule has 138 valence electrons. The number of fused-ring (bicyclic) bond motifs is 1. The summed E-state index contributed by atoms with van der Waals surface area (Å²) in [5.74, 6) is 0.123. The van der Waals surface area contributed by atoms with Gasteiger partial charge in [0, 0.05) is 23.6 Å². The lowest BCUT2D eigenvalue weighted by Gasteiger charge is -2.46. The van der Waals surface area contributed by atoms with Crippen molar-refractivity contribution in [3.8, 4) is 5.75 Å². The zero-order valence-electron chi connectivity index (χ0n) is 15.5. The van der Waals surface area contributed by atoms with E-state index in [-0.39, 0.29) is 17.8 Å². The number of esters is 1. The topological polar surface area (TPSA) is 47.6 Å². The molecule has 3 rings (SSSR count). The SMILES string of the molecule is CCOc1ccc2c(c1)C(OC(C)=O)C(C)(C)C(c1ccc(F)cc1)N2. The van der Waals surface area contributed by atoms with Gasteiger partial charge >= 0.3 is 5.97 Å². The van der Waals surface area contributed by atoms with Crippen molar-refractivity contribution < 1.29 is 18.7 Å². The molecular weight excluding hydrogens is 333 g/mol. The second-order valence-electron chi connectivity index (χ2n) is 7.12. The number of halogens is 1. The number of hydrogen-bond donors (Lipinski definition) is 1. The van der Waals surface area contributed by atoms with Gasteiger partial charge in [0.25, 0.3) is 0 Å². The molecule has 0 saturated carbocycles. The van der Waals surface area contributed by atoms with Crippen LogP contribution in [0.15, 0.2) is 42.5 Å². The monoisotopic (exact) mass is 357 g/mol. The maximum absolute atomic E-state index is 13.3. The van der Waals surface area contributed by atoms with Crippen molar-refractivity contribution in [2.45, 2.75) is 39.8 Å². The van der Waals surface area contributed by atoms with E-state index >= 15 is 0 Å². The lowest BCUT2D eigenvalue weighted by atomic mass is 9.70. The molecule has 0 saturated heterocycles. The summed E-state index contributed by atoms with van der Waals surface area (Å²) in [6, 6.07) is 12.0. The Bertz CT molecular complexity index is 801. The number of hydrogen-bond acceptors (Lipinski definition) is 4. The van der Waals surface area contributed by atoms with Gasteiger partial charge in [0.2, 0.25) is 0 Å². The molecule has 0 aromatic heterocycles. The van der Waals surface area contributed by atoms with E-state index < -0.39 is 11.5 Å². The normalized spacial score (nSPS) is 20.7. The quantitative estimate of drug-likeness (QED) is 0.781. The summed E-state index contributed by atoms with van der Waals surface area (Å²) in [7, 11) is 0. The van der Waals surface area contributed by atoms with Gasteiger partial charge in [-0.05, 0) is 42.8 Å². The smallest absolute Gasteiger partial charge is 0.303 e. The zero-order valence-corrected chi connectivity index (χ0v) is 15.5. The van der Waals surface area contributed by atoms with Gasteiger partial charge in [0.05, 0.1) is 12.6 Å². The first-order valence-corrected chi connectivity index (χ1v) is 8.79. The van der Waals surface area contributed by atoms with Crippen molar-refractivity contribution in [2.75, 3.05) is 11.9 Å². The van der Waals surface area contributed by atoms with Crippen LogP contribution in [0.1, 0.15) is 51.0 Å². The molecule has 26 heavy (non-hydrogen) atoms. The summed E-state index contributed by atoms with van der Waals surface area (Å²) in [5, 5.41) is 3.53. The van der Waals surface area contributed by atoms with E-state index in [0.29, 0.717) is 6.61 Å². The second kappa shape index (κ2) is 6.98. The molecule has 2 aromatic carbocycles. The van der Waals surface area contributed by atoms with Crippen LogP contribution < -0.4 is 10.1 Å². The Balaban J connectivity index is 2.08. The Morgan fingerprint density at radius 1 is 1.19 bits per heavy atom. The highest BCUT2D eigenvalue weighted by molar-refractivity contribution is 5.68. The van der Waals surface area contributed by atoms with Crippen LogP contribution in [0.3, 0.4) is 0 Å². The number of ether oxygens (including phenoxy) is 2. The highest BCUT2D eigenvalue weighted by Gasteiger charge is 2.46. The van der Waals surface area contributed by atoms with E-state index in [2.05, 4.69) is 5.32 Å². The van der Waals surface area contributed by atoms with Gasteiger partial charge in [0.15, 0.2) is 0 Å². The molecule has 5 heteroatoms. The number of rotatable bonds is 4. The number of anilines is 1. The maximum Gasteiger partial charge on any atom is 0.303 e. The van der Waals surface area contributed by atoms with Crippen LogP contribution in [0, 0.1) is 11.2 Å². The first kappa shape index (κ1) is 18.2. The molecule has 0 bridgehead atoms. The number of nitrogens with one attached hydrogen (secondary N) is 1. The summed E-state index contributed by atoms with van der Waals surface area (Å²) in [5.41, 5.74) is 2.25. The number of benzene rings is 2. The van der Waals surface area contributed by atoms with Crippen LogP contribution in [0.5, 0.6) is 5.75 Å². The molecule has 4 nitrogen and oxygen atoms in total. The Labute approximate surface area is 153 Å². The highest BCUT2D eigenvalue weighted by atomic mass is 19.1. The van der Waals surface area contributed by atoms with Crippen LogP contribution in [0.4, 0.5) is 10.1 Å². The molecule has 2 atom stereocenters. The summed E-state index contributed by atoms with van der Waals surface area (Å²) < 4.78 is 24.7. The average molecular weight is 357 g/mol. The van der Waals surface area contributed by atoms with E-state index in [1.54, 1.807) is 12.1 Å². The predicted octanol–water partition coefficient (Wildman–Crippen LogP) is 5.02. The minimum absolute atomic E-state index is 0.141. The zero-order chi connectivity index (χ0) is 18.9. The summed E-state index contributed by atoms with van der Waals surface area (Å²) >= 11 is 0. The molecule has 1 heterocycles. The van der Waals surface area contributed by atoms with Gasteiger partial charge in [-0.2, -0.15) is 0 Å². The molecule has 1 aliphatic rings. The van der Waals surface area contributed by atoms with Crippen molar-refractivity contribution in [1.82, 2.24) is 0 Å². The first-order chi connectivity index (χ1) is 12.3. The van der Waals surface area contributed by atoms with E-state index in [0.717, 1.165) is 22.6 Å². The molecule has 1 N–H and O–H groups in total. The third-order valence-electron chi connectivity index (χ3n) is 4.82. The van der Waals surface area contributed by atoms with Crippen molar-refractivity contribution in [1.29, 1.82) is 0 Å². The predicted molar refractivity (Wildman–Crippen MR) is 98.7 cm³/mol. The van der Waals surface area contributed by atoms with Crippen LogP contribution in [-0.4, -0.2) is 12.6 Å². The summed E-state index contributed by atoms with van der Waals surface area (Å²) in [6.07, 6.45) is -0.452. The van der Waals surface area contributed by atoms with Gasteiger partial charge in [-0.3, -0.25) is 4.79 Å². The minimum Gasteiger partial charge on any atom is -0.494 e. The number of carbonyl (C=O) groups excluding carboxylic acids is 1. The van der Waals surface area contributed by atoms with Crippen LogP contribution in [-0.2, 0) is 9.53 Å². The standard InChI is InChI=1S/C21H24FNO3/c1-5-25-16-10-11-18-17(12-16)20(26-13(2)24)21(3,4)19(23-18)14-6-8-15(22)9-7-14/h6-12,19-20,23H,5H2,1-4H3. The summed E-state index contributed by atoms with van der Waals surface area (Å²) in [6.45, 7) is 7.98. The van der Waals surface area contributed by atoms with Gasteiger partial charge in [0.1, 0.15) is 17.7 Å². The van der Waals surface area contributed by atoms with Gasteiger partial charge < -0.3 is 14.8 Å². The minimum atomic E-state index is -0.457. The largest absolute Gasteiger partial charge is 0.494 e. The van der Waals surface area contributed by atoms with Gasteiger partial charge in [-0.25, -0.2) is 4.39 Å². The Morgan fingerprint density at radius 2 is 1.88 bits per heavy atom. The molecule has 0 aliphatic carbocycles. The van der Waals surface area contributed by atoms with Crippen LogP contribution in [0.25, 0.3) is 0 Å². The van der Waals surface area contributed by atoms with Crippen molar-refractivity contribution in [2.24, 2.45) is 5.41 Å². The molecule has 1 aliphatic heterocycles. The third kappa shape index (κ3) is 3.39. The second-order valence-corrected chi connectivity index (χ2v) is 7.12. The van der Waals surface area contributed by atoms with E-state index in [9.17, 15) is 9.18 Å². The molecule has 0 amide bonds. The molecule has 0 spiro atoms. The Kier molecular flexibility index (Phi) is 4.90. The molecule has 2 aromatic rings. The lowest BCUT2D eigenvalue weighted by Crippen LogP contribution is -2.40. The molecule has 0 fully saturated rings. The summed E-state index contributed by atoms with van der Waals surface area (Å²) in [4.78, 5) is 11.8. The number of carbonyl (C=O) groups is 1. The molecule has 2 unspecified atom stereocenters. The van der Waals surface area contributed by atoms with Crippen molar-refractivity contribution >= 4 is 11.7 Å². The van der Waals surface area contributed by atoms with E-state index in [4.69, 9.17) is 9.47 Å². The first-order valence-electron chi connectivity index (χ1n) is 8.79. The van der Waals surface area contributed by atoms with Crippen LogP contribution >= 0.6 is 0 Å². The van der Waals surface area contributed by atoms with Gasteiger partial charge in [-0.15, -0.1) is 0 Å². The fourth-order valence-electron chi connectivity index (χ4n) is 3.59. The molecular formula is C21H24FNO3. The Morgan fingerprint density at radius 3 is 2.50 bits per heavy atom. The fraction of sp³-hybridized carbons (Fsp3) is 0.381. The van der Waals surface area contributed by atoms with Gasteiger partial charge in [-0.1, -0.05) is 26.0 Å². The maximum atomic E-state index is 13.3. The van der Waals surface area contributed by atoms with E-state index in [1.807, 2.05) is 39.0 Å². The fourth-order valence-corrected chi connectivity index (χ4v) is 3.59. The van der Waals surface area contributed by atoms with Crippen molar-refractivity contribution in [3.05, 3.63) is 59.4 Å². The van der Waals surface area contributed by atoms with E-state index in [1.165, 1.54) is 19.1 Å². The molecule has 0 radical (unpaired) electrons. The Hall–Kier alpha value is -2.56. The lowest BCUT2D eigenvalue weighted by molar-refractivity contribution is -0.154. The third-order valence-corrected chi connectivity index (χ3v) is 4.82.